The van der Waals surface area contributed by atoms with Gasteiger partial charge in [0.05, 0.1) is 38.6 Å². The van der Waals surface area contributed by atoms with Gasteiger partial charge >= 0.3 is 0 Å². The summed E-state index contributed by atoms with van der Waals surface area (Å²) < 4.78 is 3.64. The molecule has 5 nitrogen and oxygen atoms in total. The summed E-state index contributed by atoms with van der Waals surface area (Å²) in [6, 6.07) is 1.99. The van der Waals surface area contributed by atoms with Crippen molar-refractivity contribution in [3.63, 3.8) is 0 Å². The van der Waals surface area contributed by atoms with Gasteiger partial charge in [0.15, 0.2) is 5.66 Å². The Hall–Kier alpha value is -0.820. The van der Waals surface area contributed by atoms with E-state index in [9.17, 15) is 4.79 Å². The molecule has 1 aromatic heterocycles. The number of fused-ring (bicyclic) bond motifs is 2. The lowest BCUT2D eigenvalue weighted by atomic mass is 9.88. The van der Waals surface area contributed by atoms with Gasteiger partial charge in [0.25, 0.3) is 5.91 Å². The fraction of sp³-hybridized carbons (Fsp3) is 0.455. The smallest absolute Gasteiger partial charge is 0.273 e. The number of hydrogen-bond acceptors (Lipinski definition) is 3. The van der Waals surface area contributed by atoms with Crippen LogP contribution in [-0.4, -0.2) is 36.9 Å². The van der Waals surface area contributed by atoms with E-state index in [1.54, 1.807) is 9.93 Å². The molecule has 4 rings (SSSR count). The van der Waals surface area contributed by atoms with Crippen LogP contribution in [0.2, 0.25) is 0 Å². The third-order valence-electron chi connectivity index (χ3n) is 4.13. The van der Waals surface area contributed by atoms with Gasteiger partial charge in [0, 0.05) is 18.3 Å². The number of rotatable bonds is 0. The van der Waals surface area contributed by atoms with E-state index in [1.807, 2.05) is 21.1 Å². The van der Waals surface area contributed by atoms with Gasteiger partial charge in [-0.15, -0.1) is 0 Å². The number of nitrogens with zero attached hydrogens (tertiary/aromatic N) is 4. The summed E-state index contributed by atoms with van der Waals surface area (Å²) in [6.45, 7) is 0.790. The van der Waals surface area contributed by atoms with E-state index >= 15 is 0 Å². The van der Waals surface area contributed by atoms with Crippen LogP contribution in [0.15, 0.2) is 17.3 Å². The minimum atomic E-state index is -0.335. The lowest BCUT2D eigenvalue weighted by Gasteiger charge is -2.45. The Balaban J connectivity index is 1.99. The quantitative estimate of drug-likeness (QED) is 0.654. The van der Waals surface area contributed by atoms with Crippen molar-refractivity contribution in [1.29, 1.82) is 0 Å². The standard InChI is InChI=1S/C11H10Br2N4O/c12-16-5-2-7-8(16)10(18)15-4-1-3-11(15)9(7)14-6-17(11)13/h2,5-6,9H,1,3-4H2. The molecule has 1 amide bonds. The molecule has 94 valence electrons. The highest BCUT2D eigenvalue weighted by atomic mass is 79.9. The van der Waals surface area contributed by atoms with Crippen LogP contribution in [0, 0.1) is 0 Å². The second-order valence-electron chi connectivity index (χ2n) is 4.85. The van der Waals surface area contributed by atoms with Gasteiger partial charge in [0.2, 0.25) is 0 Å². The summed E-state index contributed by atoms with van der Waals surface area (Å²) in [5.41, 5.74) is 1.38. The molecule has 3 aliphatic rings. The molecular formula is C11H10Br2N4O. The van der Waals surface area contributed by atoms with E-state index in [-0.39, 0.29) is 17.6 Å². The summed E-state index contributed by atoms with van der Waals surface area (Å²) in [5.74, 6) is 0.0792. The average Bonchev–Trinajstić information content (AvgIpc) is 3.01. The van der Waals surface area contributed by atoms with Gasteiger partial charge in [-0.3, -0.25) is 17.3 Å². The highest BCUT2D eigenvalue weighted by Gasteiger charge is 2.60. The minimum absolute atomic E-state index is 0.00544. The Morgan fingerprint density at radius 1 is 1.44 bits per heavy atom. The predicted molar refractivity (Wildman–Crippen MR) is 73.8 cm³/mol. The zero-order valence-corrected chi connectivity index (χ0v) is 12.6. The number of carbonyl (C=O) groups is 1. The van der Waals surface area contributed by atoms with E-state index < -0.39 is 0 Å². The molecule has 4 heterocycles. The Labute approximate surface area is 121 Å². The number of aromatic nitrogens is 1. The number of halogens is 2. The fourth-order valence-electron chi connectivity index (χ4n) is 3.39. The topological polar surface area (TPSA) is 40.8 Å². The van der Waals surface area contributed by atoms with Crippen LogP contribution in [-0.2, 0) is 0 Å². The summed E-state index contributed by atoms with van der Waals surface area (Å²) in [6.07, 6.45) is 5.61. The SMILES string of the molecule is O=C1c2c(ccn2Br)C2N=CN(Br)C23CCCN13. The Morgan fingerprint density at radius 2 is 2.28 bits per heavy atom. The van der Waals surface area contributed by atoms with Crippen molar-refractivity contribution in [3.8, 4) is 0 Å². The van der Waals surface area contributed by atoms with E-state index in [1.165, 1.54) is 0 Å². The largest absolute Gasteiger partial charge is 0.311 e. The zero-order valence-electron chi connectivity index (χ0n) is 9.38. The molecule has 0 radical (unpaired) electrons. The first-order chi connectivity index (χ1) is 8.66. The molecule has 0 bridgehead atoms. The van der Waals surface area contributed by atoms with E-state index in [4.69, 9.17) is 0 Å². The molecule has 1 spiro atoms. The Morgan fingerprint density at radius 3 is 3.11 bits per heavy atom. The maximum atomic E-state index is 12.6. The summed E-state index contributed by atoms with van der Waals surface area (Å²) in [5, 5.41) is 0. The van der Waals surface area contributed by atoms with Crippen molar-refractivity contribution >= 4 is 44.5 Å². The first kappa shape index (κ1) is 11.0. The van der Waals surface area contributed by atoms with Crippen LogP contribution >= 0.6 is 32.3 Å². The predicted octanol–water partition coefficient (Wildman–Crippen LogP) is 2.29. The highest BCUT2D eigenvalue weighted by molar-refractivity contribution is 9.08. The van der Waals surface area contributed by atoms with Crippen molar-refractivity contribution in [2.45, 2.75) is 24.5 Å². The lowest BCUT2D eigenvalue weighted by Crippen LogP contribution is -2.58. The van der Waals surface area contributed by atoms with Gasteiger partial charge < -0.3 is 4.90 Å². The molecule has 2 atom stereocenters. The third-order valence-corrected chi connectivity index (χ3v) is 5.52. The van der Waals surface area contributed by atoms with Crippen LogP contribution in [0.4, 0.5) is 0 Å². The molecule has 1 aromatic rings. The van der Waals surface area contributed by atoms with Gasteiger partial charge in [-0.25, -0.2) is 0 Å². The molecular weight excluding hydrogens is 364 g/mol. The number of hydrogen-bond donors (Lipinski definition) is 0. The molecule has 1 fully saturated rings. The van der Waals surface area contributed by atoms with Crippen LogP contribution in [0.25, 0.3) is 0 Å². The molecule has 0 saturated carbocycles. The monoisotopic (exact) mass is 372 g/mol. The molecule has 0 aromatic carbocycles. The van der Waals surface area contributed by atoms with Gasteiger partial charge in [-0.05, 0) is 18.9 Å². The van der Waals surface area contributed by atoms with Crippen LogP contribution in [0.1, 0.15) is 34.9 Å². The first-order valence-corrected chi connectivity index (χ1v) is 7.26. The normalized spacial score (nSPS) is 32.8. The number of amides is 1. The molecule has 3 aliphatic heterocycles. The molecule has 0 aliphatic carbocycles. The second-order valence-corrected chi connectivity index (χ2v) is 6.38. The molecule has 1 saturated heterocycles. The van der Waals surface area contributed by atoms with E-state index in [2.05, 4.69) is 37.3 Å². The first-order valence-electron chi connectivity index (χ1n) is 5.84. The summed E-state index contributed by atoms with van der Waals surface area (Å²) in [7, 11) is 0. The Kier molecular flexibility index (Phi) is 2.08. The average molecular weight is 374 g/mol. The minimum Gasteiger partial charge on any atom is -0.311 e. The van der Waals surface area contributed by atoms with Crippen molar-refractivity contribution in [2.24, 2.45) is 4.99 Å². The molecule has 2 unspecified atom stereocenters. The third kappa shape index (κ3) is 1.04. The molecule has 0 N–H and O–H groups in total. The van der Waals surface area contributed by atoms with Gasteiger partial charge in [0.1, 0.15) is 11.7 Å². The summed E-state index contributed by atoms with van der Waals surface area (Å²) >= 11 is 6.93. The van der Waals surface area contributed by atoms with Crippen molar-refractivity contribution in [1.82, 2.24) is 12.4 Å². The number of aliphatic imine (C=N–C) groups is 1. The Bertz CT molecular complexity index is 584. The van der Waals surface area contributed by atoms with Crippen LogP contribution in [0.3, 0.4) is 0 Å². The van der Waals surface area contributed by atoms with E-state index in [0.29, 0.717) is 5.69 Å². The highest BCUT2D eigenvalue weighted by Crippen LogP contribution is 2.53. The fourth-order valence-corrected chi connectivity index (χ4v) is 4.53. The maximum Gasteiger partial charge on any atom is 0.273 e. The maximum absolute atomic E-state index is 12.6. The van der Waals surface area contributed by atoms with Crippen molar-refractivity contribution in [2.75, 3.05) is 6.54 Å². The van der Waals surface area contributed by atoms with Gasteiger partial charge in [-0.1, -0.05) is 0 Å². The molecule has 18 heavy (non-hydrogen) atoms. The van der Waals surface area contributed by atoms with E-state index in [0.717, 1.165) is 24.9 Å². The zero-order chi connectivity index (χ0) is 12.5. The second kappa shape index (κ2) is 3.39. The summed E-state index contributed by atoms with van der Waals surface area (Å²) in [4.78, 5) is 19.2. The van der Waals surface area contributed by atoms with Crippen LogP contribution in [0.5, 0.6) is 0 Å². The lowest BCUT2D eigenvalue weighted by molar-refractivity contribution is 0.0318. The number of carbonyl (C=O) groups excluding carboxylic acids is 1. The van der Waals surface area contributed by atoms with Crippen molar-refractivity contribution in [3.05, 3.63) is 23.5 Å². The van der Waals surface area contributed by atoms with Crippen molar-refractivity contribution < 1.29 is 4.79 Å². The molecule has 7 heteroatoms. The van der Waals surface area contributed by atoms with Crippen LogP contribution < -0.4 is 0 Å². The van der Waals surface area contributed by atoms with Gasteiger partial charge in [-0.2, -0.15) is 0 Å².